The Morgan fingerprint density at radius 1 is 1.21 bits per heavy atom. The van der Waals surface area contributed by atoms with Gasteiger partial charge in [0, 0.05) is 24.5 Å². The lowest BCUT2D eigenvalue weighted by Crippen LogP contribution is -2.39. The smallest absolute Gasteiger partial charge is 0.274 e. The number of benzene rings is 1. The molecule has 0 radical (unpaired) electrons. The van der Waals surface area contributed by atoms with E-state index in [1.165, 1.54) is 4.68 Å². The molecule has 0 aliphatic rings. The van der Waals surface area contributed by atoms with E-state index in [9.17, 15) is 9.59 Å². The molecule has 1 amide bonds. The number of likely N-dealkylation sites (N-methyl/N-ethyl adjacent to an activating group) is 1. The van der Waals surface area contributed by atoms with Gasteiger partial charge in [0.1, 0.15) is 0 Å². The summed E-state index contributed by atoms with van der Waals surface area (Å²) in [5.74, 6) is 0.0124. The van der Waals surface area contributed by atoms with Gasteiger partial charge in [-0.2, -0.15) is 5.10 Å². The minimum absolute atomic E-state index is 0.155. The Morgan fingerprint density at radius 2 is 1.83 bits per heavy atom. The second kappa shape index (κ2) is 7.57. The number of nitrogens with zero attached hydrogens (tertiary/aromatic N) is 3. The second-order valence-electron chi connectivity index (χ2n) is 6.80. The van der Waals surface area contributed by atoms with Crippen molar-refractivity contribution < 1.29 is 4.79 Å². The van der Waals surface area contributed by atoms with E-state index in [1.54, 1.807) is 18.2 Å². The predicted molar refractivity (Wildman–Crippen MR) is 96.3 cm³/mol. The fourth-order valence-electron chi connectivity index (χ4n) is 2.38. The van der Waals surface area contributed by atoms with E-state index >= 15 is 0 Å². The summed E-state index contributed by atoms with van der Waals surface area (Å²) >= 11 is 0. The van der Waals surface area contributed by atoms with Gasteiger partial charge in [-0.25, -0.2) is 4.68 Å². The number of carbonyl (C=O) groups excluding carboxylic acids is 1. The number of hydrogen-bond donors (Lipinski definition) is 1. The van der Waals surface area contributed by atoms with Crippen molar-refractivity contribution in [1.82, 2.24) is 20.0 Å². The van der Waals surface area contributed by atoms with Crippen LogP contribution in [0, 0.1) is 5.92 Å². The van der Waals surface area contributed by atoms with E-state index in [0.717, 1.165) is 0 Å². The van der Waals surface area contributed by atoms with E-state index in [2.05, 4.69) is 10.4 Å². The molecule has 130 valence electrons. The quantitative estimate of drug-likeness (QED) is 0.876. The van der Waals surface area contributed by atoms with Gasteiger partial charge in [-0.1, -0.05) is 32.0 Å². The number of nitrogens with one attached hydrogen (secondary N) is 1. The SMILES string of the molecule is CC(C)Cn1nc(C(=O)NCC(C)N(C)C)c2ccccc2c1=O. The lowest BCUT2D eigenvalue weighted by atomic mass is 10.1. The third-order valence-electron chi connectivity index (χ3n) is 4.06. The van der Waals surface area contributed by atoms with Crippen molar-refractivity contribution in [2.45, 2.75) is 33.4 Å². The summed E-state index contributed by atoms with van der Waals surface area (Å²) in [6, 6.07) is 7.35. The molecular weight excluding hydrogens is 304 g/mol. The number of fused-ring (bicyclic) bond motifs is 1. The van der Waals surface area contributed by atoms with Gasteiger partial charge in [0.15, 0.2) is 5.69 Å². The van der Waals surface area contributed by atoms with E-state index in [-0.39, 0.29) is 23.4 Å². The highest BCUT2D eigenvalue weighted by atomic mass is 16.2. The lowest BCUT2D eigenvalue weighted by molar-refractivity contribution is 0.0938. The van der Waals surface area contributed by atoms with Gasteiger partial charge in [0.2, 0.25) is 0 Å². The van der Waals surface area contributed by atoms with Gasteiger partial charge >= 0.3 is 0 Å². The molecule has 1 aromatic carbocycles. The van der Waals surface area contributed by atoms with Crippen LogP contribution in [-0.2, 0) is 6.54 Å². The molecule has 1 heterocycles. The van der Waals surface area contributed by atoms with E-state index < -0.39 is 0 Å². The topological polar surface area (TPSA) is 67.2 Å². The third-order valence-corrected chi connectivity index (χ3v) is 4.06. The molecule has 6 heteroatoms. The third kappa shape index (κ3) is 4.00. The number of aromatic nitrogens is 2. The summed E-state index contributed by atoms with van der Waals surface area (Å²) in [5, 5.41) is 8.38. The molecule has 0 saturated carbocycles. The molecule has 0 bridgehead atoms. The summed E-state index contributed by atoms with van der Waals surface area (Å²) in [4.78, 5) is 27.2. The number of carbonyl (C=O) groups is 1. The van der Waals surface area contributed by atoms with Crippen LogP contribution in [0.1, 0.15) is 31.3 Å². The molecule has 1 aromatic heterocycles. The first-order valence-electron chi connectivity index (χ1n) is 8.25. The minimum Gasteiger partial charge on any atom is -0.349 e. The summed E-state index contributed by atoms with van der Waals surface area (Å²) in [6.07, 6.45) is 0. The van der Waals surface area contributed by atoms with Gasteiger partial charge in [0.05, 0.1) is 5.39 Å². The Kier molecular flexibility index (Phi) is 5.72. The van der Waals surface area contributed by atoms with Crippen molar-refractivity contribution in [1.29, 1.82) is 0 Å². The summed E-state index contributed by atoms with van der Waals surface area (Å²) in [6.45, 7) is 7.07. The molecule has 0 spiro atoms. The number of rotatable bonds is 6. The second-order valence-corrected chi connectivity index (χ2v) is 6.80. The zero-order chi connectivity index (χ0) is 17.9. The van der Waals surface area contributed by atoms with Crippen molar-refractivity contribution >= 4 is 16.7 Å². The first kappa shape index (κ1) is 18.1. The van der Waals surface area contributed by atoms with Crippen molar-refractivity contribution in [3.05, 3.63) is 40.3 Å². The molecule has 0 aliphatic heterocycles. The van der Waals surface area contributed by atoms with E-state index in [1.807, 2.05) is 45.8 Å². The van der Waals surface area contributed by atoms with Gasteiger partial charge < -0.3 is 10.2 Å². The van der Waals surface area contributed by atoms with Crippen LogP contribution in [0.3, 0.4) is 0 Å². The van der Waals surface area contributed by atoms with Crippen LogP contribution in [0.2, 0.25) is 0 Å². The molecule has 2 rings (SSSR count). The maximum Gasteiger partial charge on any atom is 0.274 e. The normalized spacial score (nSPS) is 12.8. The Labute approximate surface area is 142 Å². The zero-order valence-corrected chi connectivity index (χ0v) is 15.0. The first-order valence-corrected chi connectivity index (χ1v) is 8.25. The molecule has 1 N–H and O–H groups in total. The van der Waals surface area contributed by atoms with Crippen molar-refractivity contribution in [3.8, 4) is 0 Å². The predicted octanol–water partition coefficient (Wildman–Crippen LogP) is 1.73. The molecule has 24 heavy (non-hydrogen) atoms. The van der Waals surface area contributed by atoms with Gasteiger partial charge in [-0.15, -0.1) is 0 Å². The largest absolute Gasteiger partial charge is 0.349 e. The fraction of sp³-hybridized carbons (Fsp3) is 0.500. The molecule has 6 nitrogen and oxygen atoms in total. The Hall–Kier alpha value is -2.21. The first-order chi connectivity index (χ1) is 11.3. The van der Waals surface area contributed by atoms with Crippen LogP contribution in [0.4, 0.5) is 0 Å². The Bertz CT molecular complexity index is 780. The molecule has 0 saturated heterocycles. The highest BCUT2D eigenvalue weighted by molar-refractivity contribution is 6.04. The van der Waals surface area contributed by atoms with Crippen molar-refractivity contribution in [3.63, 3.8) is 0 Å². The summed E-state index contributed by atoms with van der Waals surface area (Å²) in [7, 11) is 3.93. The maximum absolute atomic E-state index is 12.6. The van der Waals surface area contributed by atoms with Crippen LogP contribution < -0.4 is 10.9 Å². The standard InChI is InChI=1S/C18H26N4O2/c1-12(2)11-22-18(24)15-9-7-6-8-14(15)16(20-22)17(23)19-10-13(3)21(4)5/h6-9,12-13H,10-11H2,1-5H3,(H,19,23). The summed E-state index contributed by atoms with van der Waals surface area (Å²) in [5.41, 5.74) is 0.148. The van der Waals surface area contributed by atoms with Crippen LogP contribution in [0.5, 0.6) is 0 Å². The molecule has 1 unspecified atom stereocenters. The average Bonchev–Trinajstić information content (AvgIpc) is 2.54. The average molecular weight is 330 g/mol. The highest BCUT2D eigenvalue weighted by Gasteiger charge is 2.17. The van der Waals surface area contributed by atoms with Crippen LogP contribution in [0.25, 0.3) is 10.8 Å². The van der Waals surface area contributed by atoms with Crippen molar-refractivity contribution in [2.24, 2.45) is 5.92 Å². The minimum atomic E-state index is -0.252. The van der Waals surface area contributed by atoms with Crippen molar-refractivity contribution in [2.75, 3.05) is 20.6 Å². The Morgan fingerprint density at radius 3 is 2.42 bits per heavy atom. The number of hydrogen-bond acceptors (Lipinski definition) is 4. The fourth-order valence-corrected chi connectivity index (χ4v) is 2.38. The molecule has 0 fully saturated rings. The lowest BCUT2D eigenvalue weighted by Gasteiger charge is -2.20. The van der Waals surface area contributed by atoms with E-state index in [0.29, 0.717) is 29.6 Å². The Balaban J connectivity index is 2.43. The highest BCUT2D eigenvalue weighted by Crippen LogP contribution is 2.13. The summed E-state index contributed by atoms with van der Waals surface area (Å²) < 4.78 is 1.40. The monoisotopic (exact) mass is 330 g/mol. The van der Waals surface area contributed by atoms with Crippen LogP contribution in [0.15, 0.2) is 29.1 Å². The maximum atomic E-state index is 12.6. The molecule has 0 aliphatic carbocycles. The van der Waals surface area contributed by atoms with Gasteiger partial charge in [-0.05, 0) is 33.0 Å². The van der Waals surface area contributed by atoms with Gasteiger partial charge in [-0.3, -0.25) is 9.59 Å². The van der Waals surface area contributed by atoms with Gasteiger partial charge in [0.25, 0.3) is 11.5 Å². The molecule has 2 aromatic rings. The molecule has 1 atom stereocenters. The molecular formula is C18H26N4O2. The van der Waals surface area contributed by atoms with Crippen LogP contribution in [-0.4, -0.2) is 47.3 Å². The van der Waals surface area contributed by atoms with E-state index in [4.69, 9.17) is 0 Å². The zero-order valence-electron chi connectivity index (χ0n) is 15.0. The number of amides is 1. The van der Waals surface area contributed by atoms with Crippen LogP contribution >= 0.6 is 0 Å².